The van der Waals surface area contributed by atoms with Crippen LogP contribution in [-0.4, -0.2) is 23.7 Å². The first-order chi connectivity index (χ1) is 7.66. The van der Waals surface area contributed by atoms with Crippen LogP contribution in [0.5, 0.6) is 0 Å². The van der Waals surface area contributed by atoms with Gasteiger partial charge in [-0.2, -0.15) is 0 Å². The summed E-state index contributed by atoms with van der Waals surface area (Å²) in [6.45, 7) is 2.36. The topological polar surface area (TPSA) is 34.2 Å². The van der Waals surface area contributed by atoms with E-state index in [9.17, 15) is 0 Å². The summed E-state index contributed by atoms with van der Waals surface area (Å²) in [5.41, 5.74) is 7.77. The molecule has 1 saturated carbocycles. The van der Waals surface area contributed by atoms with E-state index in [0.29, 0.717) is 0 Å². The second-order valence-corrected chi connectivity index (χ2v) is 5.54. The predicted octanol–water partition coefficient (Wildman–Crippen LogP) is 1.75. The molecule has 1 fully saturated rings. The molecule has 2 heterocycles. The molecule has 1 aromatic heterocycles. The van der Waals surface area contributed by atoms with Crippen molar-refractivity contribution < 1.29 is 0 Å². The second kappa shape index (κ2) is 3.52. The summed E-state index contributed by atoms with van der Waals surface area (Å²) in [7, 11) is 2.18. The molecule has 0 aromatic carbocycles. The van der Waals surface area contributed by atoms with Gasteiger partial charge in [-0.25, -0.2) is 0 Å². The smallest absolute Gasteiger partial charge is 0.108 e. The van der Waals surface area contributed by atoms with Crippen LogP contribution < -0.4 is 10.6 Å². The van der Waals surface area contributed by atoms with Crippen molar-refractivity contribution in [2.75, 3.05) is 18.5 Å². The van der Waals surface area contributed by atoms with Gasteiger partial charge in [-0.3, -0.25) is 0 Å². The number of aromatic nitrogens is 1. The van der Waals surface area contributed by atoms with Gasteiger partial charge in [-0.1, -0.05) is 0 Å². The summed E-state index contributed by atoms with van der Waals surface area (Å²) < 4.78 is 2.38. The molecular weight excluding hydrogens is 198 g/mol. The average Bonchev–Trinajstić information content (AvgIpc) is 2.84. The quantitative estimate of drug-likeness (QED) is 0.840. The lowest BCUT2D eigenvalue weighted by atomic mass is 10.1. The minimum atomic E-state index is 0.189. The predicted molar refractivity (Wildman–Crippen MR) is 66.8 cm³/mol. The molecule has 0 saturated heterocycles. The van der Waals surface area contributed by atoms with Crippen molar-refractivity contribution in [3.8, 4) is 0 Å². The van der Waals surface area contributed by atoms with E-state index in [1.54, 1.807) is 0 Å². The highest BCUT2D eigenvalue weighted by atomic mass is 15.2. The highest BCUT2D eigenvalue weighted by molar-refractivity contribution is 5.44. The maximum absolute atomic E-state index is 6.13. The maximum atomic E-state index is 6.13. The van der Waals surface area contributed by atoms with Gasteiger partial charge in [0.1, 0.15) is 5.82 Å². The summed E-state index contributed by atoms with van der Waals surface area (Å²) in [6, 6.07) is 2.34. The number of nitrogens with zero attached hydrogens (tertiary/aromatic N) is 2. The Kier molecular flexibility index (Phi) is 2.25. The Balaban J connectivity index is 1.71. The monoisotopic (exact) mass is 219 g/mol. The van der Waals surface area contributed by atoms with E-state index in [1.807, 2.05) is 0 Å². The molecular formula is C13H21N3. The van der Waals surface area contributed by atoms with E-state index in [4.69, 9.17) is 5.73 Å². The highest BCUT2D eigenvalue weighted by Crippen LogP contribution is 2.37. The Labute approximate surface area is 97.2 Å². The Morgan fingerprint density at radius 1 is 1.38 bits per heavy atom. The number of anilines is 1. The molecule has 1 aliphatic carbocycles. The summed E-state index contributed by atoms with van der Waals surface area (Å²) in [5.74, 6) is 1.38. The van der Waals surface area contributed by atoms with Crippen molar-refractivity contribution >= 4 is 5.82 Å². The normalized spacial score (nSPS) is 22.0. The number of fused-ring (bicyclic) bond motifs is 1. The fourth-order valence-corrected chi connectivity index (χ4v) is 2.59. The van der Waals surface area contributed by atoms with Crippen LogP contribution in [0.15, 0.2) is 12.3 Å². The zero-order valence-corrected chi connectivity index (χ0v) is 10.1. The van der Waals surface area contributed by atoms with E-state index >= 15 is 0 Å². The molecule has 0 atom stereocenters. The number of hydrogen-bond acceptors (Lipinski definition) is 2. The Morgan fingerprint density at radius 2 is 2.19 bits per heavy atom. The molecule has 16 heavy (non-hydrogen) atoms. The lowest BCUT2D eigenvalue weighted by Gasteiger charge is -2.26. The third-order valence-corrected chi connectivity index (χ3v) is 4.02. The lowest BCUT2D eigenvalue weighted by molar-refractivity contribution is 0.583. The lowest BCUT2D eigenvalue weighted by Crippen LogP contribution is -2.27. The van der Waals surface area contributed by atoms with Crippen molar-refractivity contribution in [1.82, 2.24) is 4.57 Å². The van der Waals surface area contributed by atoms with E-state index < -0.39 is 0 Å². The van der Waals surface area contributed by atoms with Crippen LogP contribution in [0.2, 0.25) is 0 Å². The molecule has 0 spiro atoms. The van der Waals surface area contributed by atoms with Crippen LogP contribution in [0.1, 0.15) is 31.2 Å². The van der Waals surface area contributed by atoms with Crippen molar-refractivity contribution in [2.45, 2.75) is 44.2 Å². The van der Waals surface area contributed by atoms with Gasteiger partial charge >= 0.3 is 0 Å². The Hall–Kier alpha value is -0.960. The third kappa shape index (κ3) is 1.84. The zero-order chi connectivity index (χ0) is 11.2. The van der Waals surface area contributed by atoms with Crippen LogP contribution in [0.4, 0.5) is 5.82 Å². The molecule has 2 aliphatic rings. The summed E-state index contributed by atoms with van der Waals surface area (Å²) in [4.78, 5) is 2.35. The van der Waals surface area contributed by atoms with Gasteiger partial charge in [0, 0.05) is 31.9 Å². The first-order valence-corrected chi connectivity index (χ1v) is 6.35. The van der Waals surface area contributed by atoms with Crippen LogP contribution in [0, 0.1) is 0 Å². The molecule has 0 radical (unpaired) electrons. The van der Waals surface area contributed by atoms with Gasteiger partial charge in [0.2, 0.25) is 0 Å². The fourth-order valence-electron chi connectivity index (χ4n) is 2.59. The van der Waals surface area contributed by atoms with Crippen LogP contribution in [-0.2, 0) is 13.0 Å². The molecule has 0 amide bonds. The molecule has 0 bridgehead atoms. The van der Waals surface area contributed by atoms with Crippen LogP contribution in [0.3, 0.4) is 0 Å². The summed E-state index contributed by atoms with van der Waals surface area (Å²) in [5, 5.41) is 0. The number of nitrogens with two attached hydrogens (primary N) is 1. The van der Waals surface area contributed by atoms with Crippen molar-refractivity contribution in [3.63, 3.8) is 0 Å². The third-order valence-electron chi connectivity index (χ3n) is 4.02. The molecule has 1 aromatic rings. The van der Waals surface area contributed by atoms with E-state index in [0.717, 1.165) is 12.8 Å². The minimum absolute atomic E-state index is 0.189. The first kappa shape index (κ1) is 10.2. The van der Waals surface area contributed by atoms with E-state index in [1.165, 1.54) is 43.7 Å². The molecule has 1 aliphatic heterocycles. The van der Waals surface area contributed by atoms with Gasteiger partial charge < -0.3 is 15.2 Å². The maximum Gasteiger partial charge on any atom is 0.108 e. The molecule has 3 nitrogen and oxygen atoms in total. The fraction of sp³-hybridized carbons (Fsp3) is 0.692. The molecule has 3 rings (SSSR count). The van der Waals surface area contributed by atoms with Crippen molar-refractivity contribution in [3.05, 3.63) is 17.8 Å². The largest absolute Gasteiger partial charge is 0.361 e. The Bertz CT molecular complexity index is 390. The van der Waals surface area contributed by atoms with E-state index in [-0.39, 0.29) is 5.54 Å². The number of rotatable bonds is 3. The minimum Gasteiger partial charge on any atom is -0.361 e. The van der Waals surface area contributed by atoms with Crippen LogP contribution in [0.25, 0.3) is 0 Å². The van der Waals surface area contributed by atoms with Crippen molar-refractivity contribution in [2.24, 2.45) is 5.73 Å². The first-order valence-electron chi connectivity index (χ1n) is 6.35. The van der Waals surface area contributed by atoms with Gasteiger partial charge in [-0.05, 0) is 43.7 Å². The summed E-state index contributed by atoms with van der Waals surface area (Å²) >= 11 is 0. The number of hydrogen-bond donors (Lipinski definition) is 1. The van der Waals surface area contributed by atoms with Gasteiger partial charge in [0.05, 0.1) is 0 Å². The van der Waals surface area contributed by atoms with Gasteiger partial charge in [0.25, 0.3) is 0 Å². The van der Waals surface area contributed by atoms with Gasteiger partial charge in [0.15, 0.2) is 0 Å². The average molecular weight is 219 g/mol. The summed E-state index contributed by atoms with van der Waals surface area (Å²) in [6.07, 6.45) is 8.32. The standard InChI is InChI=1S/C13H21N3/c1-15-7-2-8-16-10-11(9-12(15)16)3-4-13(14)5-6-13/h9-10H,2-8,14H2,1H3. The highest BCUT2D eigenvalue weighted by Gasteiger charge is 2.37. The van der Waals surface area contributed by atoms with Crippen LogP contribution >= 0.6 is 0 Å². The SMILES string of the molecule is CN1CCCn2cc(CCC3(N)CC3)cc21. The van der Waals surface area contributed by atoms with Crippen molar-refractivity contribution in [1.29, 1.82) is 0 Å². The molecule has 3 heteroatoms. The Morgan fingerprint density at radius 3 is 2.88 bits per heavy atom. The number of aryl methyl sites for hydroxylation is 2. The second-order valence-electron chi connectivity index (χ2n) is 5.54. The molecule has 0 unspecified atom stereocenters. The van der Waals surface area contributed by atoms with E-state index in [2.05, 4.69) is 28.8 Å². The zero-order valence-electron chi connectivity index (χ0n) is 10.1. The molecule has 88 valence electrons. The molecule has 2 N–H and O–H groups in total. The van der Waals surface area contributed by atoms with Gasteiger partial charge in [-0.15, -0.1) is 0 Å².